The molecule has 1 aliphatic carbocycles. The fourth-order valence-electron chi connectivity index (χ4n) is 2.08. The van der Waals surface area contributed by atoms with Crippen molar-refractivity contribution in [1.82, 2.24) is 5.32 Å². The SMILES string of the molecule is CC1CCC(CNCC(O)C2CC2)O1. The molecule has 0 amide bonds. The number of nitrogens with one attached hydrogen (secondary N) is 1. The minimum atomic E-state index is -0.131. The van der Waals surface area contributed by atoms with Crippen LogP contribution in [-0.4, -0.2) is 36.5 Å². The van der Waals surface area contributed by atoms with Gasteiger partial charge in [0.15, 0.2) is 0 Å². The first-order valence-corrected chi connectivity index (χ1v) is 5.80. The van der Waals surface area contributed by atoms with Crippen molar-refractivity contribution in [2.45, 2.75) is 50.9 Å². The largest absolute Gasteiger partial charge is 0.392 e. The van der Waals surface area contributed by atoms with Crippen LogP contribution in [0.1, 0.15) is 32.6 Å². The molecule has 3 atom stereocenters. The molecular formula is C11H21NO2. The summed E-state index contributed by atoms with van der Waals surface area (Å²) in [7, 11) is 0. The molecule has 1 aliphatic heterocycles. The van der Waals surface area contributed by atoms with E-state index in [9.17, 15) is 5.11 Å². The monoisotopic (exact) mass is 199 g/mol. The number of ether oxygens (including phenoxy) is 1. The first kappa shape index (κ1) is 10.4. The van der Waals surface area contributed by atoms with Crippen molar-refractivity contribution in [1.29, 1.82) is 0 Å². The highest BCUT2D eigenvalue weighted by Crippen LogP contribution is 2.32. The maximum absolute atomic E-state index is 9.61. The van der Waals surface area contributed by atoms with Crippen molar-refractivity contribution in [2.75, 3.05) is 13.1 Å². The molecule has 3 nitrogen and oxygen atoms in total. The van der Waals surface area contributed by atoms with E-state index < -0.39 is 0 Å². The molecule has 0 radical (unpaired) electrons. The van der Waals surface area contributed by atoms with Crippen molar-refractivity contribution in [3.8, 4) is 0 Å². The van der Waals surface area contributed by atoms with Gasteiger partial charge in [-0.1, -0.05) is 0 Å². The third-order valence-electron chi connectivity index (χ3n) is 3.21. The minimum absolute atomic E-state index is 0.131. The van der Waals surface area contributed by atoms with E-state index in [1.54, 1.807) is 0 Å². The Hall–Kier alpha value is -0.120. The van der Waals surface area contributed by atoms with Crippen molar-refractivity contribution >= 4 is 0 Å². The molecule has 2 N–H and O–H groups in total. The van der Waals surface area contributed by atoms with Crippen LogP contribution in [0.25, 0.3) is 0 Å². The average Bonchev–Trinajstić information content (AvgIpc) is 2.92. The molecule has 2 aliphatic rings. The van der Waals surface area contributed by atoms with Gasteiger partial charge in [-0.15, -0.1) is 0 Å². The zero-order valence-corrected chi connectivity index (χ0v) is 8.91. The van der Waals surface area contributed by atoms with E-state index in [1.165, 1.54) is 19.3 Å². The predicted octanol–water partition coefficient (Wildman–Crippen LogP) is 0.914. The molecule has 0 bridgehead atoms. The smallest absolute Gasteiger partial charge is 0.0704 e. The molecule has 2 rings (SSSR count). The summed E-state index contributed by atoms with van der Waals surface area (Å²) in [6.07, 6.45) is 5.42. The van der Waals surface area contributed by atoms with Gasteiger partial charge in [-0.3, -0.25) is 0 Å². The predicted molar refractivity (Wildman–Crippen MR) is 55.2 cm³/mol. The van der Waals surface area contributed by atoms with Crippen LogP contribution in [0.5, 0.6) is 0 Å². The van der Waals surface area contributed by atoms with Crippen LogP contribution in [0, 0.1) is 5.92 Å². The van der Waals surface area contributed by atoms with E-state index in [0.717, 1.165) is 19.5 Å². The molecule has 0 spiro atoms. The lowest BCUT2D eigenvalue weighted by atomic mass is 10.2. The Morgan fingerprint density at radius 1 is 1.36 bits per heavy atom. The Morgan fingerprint density at radius 3 is 2.71 bits per heavy atom. The summed E-state index contributed by atoms with van der Waals surface area (Å²) in [6, 6.07) is 0. The number of rotatable bonds is 5. The highest BCUT2D eigenvalue weighted by atomic mass is 16.5. The van der Waals surface area contributed by atoms with Gasteiger partial charge in [0.05, 0.1) is 18.3 Å². The first-order valence-electron chi connectivity index (χ1n) is 5.80. The molecule has 0 aromatic rings. The molecule has 3 unspecified atom stereocenters. The molecule has 1 heterocycles. The highest BCUT2D eigenvalue weighted by molar-refractivity contribution is 4.82. The van der Waals surface area contributed by atoms with Crippen LogP contribution in [-0.2, 0) is 4.74 Å². The van der Waals surface area contributed by atoms with Gasteiger partial charge in [0.1, 0.15) is 0 Å². The van der Waals surface area contributed by atoms with E-state index >= 15 is 0 Å². The molecule has 2 fully saturated rings. The van der Waals surface area contributed by atoms with Gasteiger partial charge in [0.2, 0.25) is 0 Å². The Balaban J connectivity index is 1.54. The number of hydrogen-bond acceptors (Lipinski definition) is 3. The van der Waals surface area contributed by atoms with Crippen molar-refractivity contribution in [3.63, 3.8) is 0 Å². The maximum Gasteiger partial charge on any atom is 0.0704 e. The molecule has 14 heavy (non-hydrogen) atoms. The summed E-state index contributed by atoms with van der Waals surface area (Å²) in [6.45, 7) is 3.76. The summed E-state index contributed by atoms with van der Waals surface area (Å²) >= 11 is 0. The lowest BCUT2D eigenvalue weighted by molar-refractivity contribution is 0.0528. The van der Waals surface area contributed by atoms with Crippen LogP contribution < -0.4 is 5.32 Å². The lowest BCUT2D eigenvalue weighted by Crippen LogP contribution is -2.34. The highest BCUT2D eigenvalue weighted by Gasteiger charge is 2.29. The van der Waals surface area contributed by atoms with Crippen molar-refractivity contribution < 1.29 is 9.84 Å². The van der Waals surface area contributed by atoms with E-state index in [0.29, 0.717) is 18.1 Å². The van der Waals surface area contributed by atoms with Gasteiger partial charge < -0.3 is 15.2 Å². The molecule has 0 aromatic heterocycles. The number of hydrogen-bond donors (Lipinski definition) is 2. The van der Waals surface area contributed by atoms with Crippen LogP contribution >= 0.6 is 0 Å². The van der Waals surface area contributed by atoms with E-state index in [1.807, 2.05) is 0 Å². The van der Waals surface area contributed by atoms with Crippen LogP contribution in [0.4, 0.5) is 0 Å². The second-order valence-electron chi connectivity index (χ2n) is 4.71. The Bertz CT molecular complexity index is 182. The lowest BCUT2D eigenvalue weighted by Gasteiger charge is -2.14. The number of aliphatic hydroxyl groups excluding tert-OH is 1. The summed E-state index contributed by atoms with van der Waals surface area (Å²) in [5.74, 6) is 0.575. The third kappa shape index (κ3) is 2.94. The van der Waals surface area contributed by atoms with Gasteiger partial charge in [-0.2, -0.15) is 0 Å². The second kappa shape index (κ2) is 4.60. The Labute approximate surface area is 85.8 Å². The molecule has 82 valence electrons. The van der Waals surface area contributed by atoms with Gasteiger partial charge in [-0.25, -0.2) is 0 Å². The first-order chi connectivity index (χ1) is 6.75. The summed E-state index contributed by atoms with van der Waals surface area (Å²) in [5.41, 5.74) is 0. The summed E-state index contributed by atoms with van der Waals surface area (Å²) < 4.78 is 5.68. The van der Waals surface area contributed by atoms with E-state index in [2.05, 4.69) is 12.2 Å². The number of aliphatic hydroxyl groups is 1. The van der Waals surface area contributed by atoms with Gasteiger partial charge in [0.25, 0.3) is 0 Å². The van der Waals surface area contributed by atoms with Crippen LogP contribution in [0.3, 0.4) is 0 Å². The van der Waals surface area contributed by atoms with Gasteiger partial charge in [-0.05, 0) is 38.5 Å². The van der Waals surface area contributed by atoms with E-state index in [4.69, 9.17) is 4.74 Å². The molecule has 1 saturated carbocycles. The van der Waals surface area contributed by atoms with Gasteiger partial charge in [0, 0.05) is 13.1 Å². The zero-order valence-electron chi connectivity index (χ0n) is 8.91. The van der Waals surface area contributed by atoms with Crippen molar-refractivity contribution in [2.24, 2.45) is 5.92 Å². The summed E-state index contributed by atoms with van der Waals surface area (Å²) in [4.78, 5) is 0. The quantitative estimate of drug-likeness (QED) is 0.691. The standard InChI is InChI=1S/C11H21NO2/c1-8-2-5-10(14-8)6-12-7-11(13)9-3-4-9/h8-13H,2-7H2,1H3. The normalized spacial score (nSPS) is 34.7. The minimum Gasteiger partial charge on any atom is -0.392 e. The van der Waals surface area contributed by atoms with Crippen LogP contribution in [0.2, 0.25) is 0 Å². The Morgan fingerprint density at radius 2 is 2.14 bits per heavy atom. The molecule has 3 heteroatoms. The Kier molecular flexibility index (Phi) is 3.42. The van der Waals surface area contributed by atoms with Crippen molar-refractivity contribution in [3.05, 3.63) is 0 Å². The molecule has 1 saturated heterocycles. The zero-order chi connectivity index (χ0) is 9.97. The topological polar surface area (TPSA) is 41.5 Å². The van der Waals surface area contributed by atoms with Gasteiger partial charge >= 0.3 is 0 Å². The van der Waals surface area contributed by atoms with Crippen LogP contribution in [0.15, 0.2) is 0 Å². The average molecular weight is 199 g/mol. The molecule has 0 aromatic carbocycles. The fourth-order valence-corrected chi connectivity index (χ4v) is 2.08. The second-order valence-corrected chi connectivity index (χ2v) is 4.71. The molecular weight excluding hydrogens is 178 g/mol. The summed E-state index contributed by atoms with van der Waals surface area (Å²) in [5, 5.41) is 12.9. The van der Waals surface area contributed by atoms with E-state index in [-0.39, 0.29) is 6.10 Å². The fraction of sp³-hybridized carbons (Fsp3) is 1.00. The maximum atomic E-state index is 9.61. The third-order valence-corrected chi connectivity index (χ3v) is 3.21.